The number of ether oxygens (including phenoxy) is 1. The van der Waals surface area contributed by atoms with Crippen LogP contribution in [0.5, 0.6) is 0 Å². The van der Waals surface area contributed by atoms with Crippen LogP contribution in [0.25, 0.3) is 5.76 Å². The molecule has 0 atom stereocenters. The molecular formula is C20H17BF3N5O2. The van der Waals surface area contributed by atoms with Gasteiger partial charge in [-0.2, -0.15) is 23.4 Å². The number of halogens is 3. The Morgan fingerprint density at radius 3 is 2.00 bits per heavy atom. The van der Waals surface area contributed by atoms with E-state index in [2.05, 4.69) is 27.0 Å². The molecule has 1 amide bonds. The molecule has 2 heterocycles. The van der Waals surface area contributed by atoms with Gasteiger partial charge < -0.3 is 9.64 Å². The van der Waals surface area contributed by atoms with Crippen molar-refractivity contribution in [1.29, 1.82) is 0 Å². The molecule has 4 rings (SSSR count). The third-order valence-corrected chi connectivity index (χ3v) is 5.16. The number of carbonyl (C=O) groups is 1. The van der Waals surface area contributed by atoms with Crippen LogP contribution in [-0.4, -0.2) is 38.6 Å². The molecule has 0 saturated heterocycles. The number of alkyl halides is 3. The van der Waals surface area contributed by atoms with E-state index in [0.717, 1.165) is 11.1 Å². The van der Waals surface area contributed by atoms with Crippen LogP contribution in [0.1, 0.15) is 27.0 Å². The Balaban J connectivity index is 1.34. The maximum absolute atomic E-state index is 13.1. The Morgan fingerprint density at radius 2 is 1.52 bits per heavy atom. The van der Waals surface area contributed by atoms with Gasteiger partial charge in [-0.25, -0.2) is 0 Å². The van der Waals surface area contributed by atoms with E-state index in [9.17, 15) is 18.0 Å². The minimum atomic E-state index is -4.61. The molecule has 0 unspecified atom stereocenters. The van der Waals surface area contributed by atoms with Crippen molar-refractivity contribution in [2.24, 2.45) is 20.5 Å². The molecule has 2 aliphatic heterocycles. The smallest absolute Gasteiger partial charge is 0.442 e. The predicted molar refractivity (Wildman–Crippen MR) is 108 cm³/mol. The number of rotatable bonds is 7. The van der Waals surface area contributed by atoms with E-state index in [-0.39, 0.29) is 17.9 Å². The summed E-state index contributed by atoms with van der Waals surface area (Å²) in [5.41, 5.74) is -1.19. The molecular weight excluding hydrogens is 410 g/mol. The highest BCUT2D eigenvalue weighted by Gasteiger charge is 2.65. The van der Waals surface area contributed by atoms with E-state index in [0.29, 0.717) is 5.76 Å². The third kappa shape index (κ3) is 3.83. The number of carbonyl (C=O) groups excluding carboxylic acids is 1. The molecule has 2 aromatic rings. The largest absolute Gasteiger partial charge is 0.473 e. The van der Waals surface area contributed by atoms with Crippen LogP contribution in [0.2, 0.25) is 0 Å². The lowest BCUT2D eigenvalue weighted by Crippen LogP contribution is -2.31. The van der Waals surface area contributed by atoms with E-state index in [1.165, 1.54) is 36.2 Å². The quantitative estimate of drug-likeness (QED) is 0.383. The summed E-state index contributed by atoms with van der Waals surface area (Å²) < 4.78 is 44.8. The summed E-state index contributed by atoms with van der Waals surface area (Å²) in [5.74, 6) is -0.0363. The van der Waals surface area contributed by atoms with E-state index < -0.39 is 23.3 Å². The molecule has 0 saturated carbocycles. The summed E-state index contributed by atoms with van der Waals surface area (Å²) in [6.45, 7) is 3.79. The fourth-order valence-electron chi connectivity index (χ4n) is 2.99. The van der Waals surface area contributed by atoms with Crippen molar-refractivity contribution < 1.29 is 22.7 Å². The molecule has 0 aliphatic carbocycles. The highest BCUT2D eigenvalue weighted by Crippen LogP contribution is 2.52. The Bertz CT molecular complexity index is 1090. The van der Waals surface area contributed by atoms with Gasteiger partial charge in [-0.1, -0.05) is 43.0 Å². The van der Waals surface area contributed by atoms with Gasteiger partial charge in [0.25, 0.3) is 5.91 Å². The first-order chi connectivity index (χ1) is 14.6. The first-order valence-corrected chi connectivity index (χ1v) is 9.29. The van der Waals surface area contributed by atoms with Crippen molar-refractivity contribution in [1.82, 2.24) is 4.90 Å². The number of benzene rings is 2. The molecule has 31 heavy (non-hydrogen) atoms. The normalized spacial score (nSPS) is 17.2. The van der Waals surface area contributed by atoms with Gasteiger partial charge in [0, 0.05) is 23.7 Å². The average Bonchev–Trinajstić information content (AvgIpc) is 3.67. The summed E-state index contributed by atoms with van der Waals surface area (Å²) in [5, 5.41) is 14.3. The lowest BCUT2D eigenvalue weighted by molar-refractivity contribution is -0.166. The monoisotopic (exact) mass is 427 g/mol. The molecule has 0 spiro atoms. The molecule has 0 radical (unpaired) electrons. The highest BCUT2D eigenvalue weighted by molar-refractivity contribution is 6.16. The van der Waals surface area contributed by atoms with E-state index in [4.69, 9.17) is 4.74 Å². The van der Waals surface area contributed by atoms with Crippen molar-refractivity contribution in [2.45, 2.75) is 17.4 Å². The number of nitrogens with zero attached hydrogens (tertiary/aromatic N) is 5. The van der Waals surface area contributed by atoms with Gasteiger partial charge in [0.1, 0.15) is 5.76 Å². The van der Waals surface area contributed by atoms with Crippen molar-refractivity contribution in [3.63, 3.8) is 0 Å². The van der Waals surface area contributed by atoms with Crippen LogP contribution in [0.15, 0.2) is 75.6 Å². The fraction of sp³-hybridized carbons (Fsp3) is 0.250. The second-order valence-electron chi connectivity index (χ2n) is 7.45. The predicted octanol–water partition coefficient (Wildman–Crippen LogP) is 3.79. The van der Waals surface area contributed by atoms with Gasteiger partial charge in [0.05, 0.1) is 0 Å². The Kier molecular flexibility index (Phi) is 4.71. The van der Waals surface area contributed by atoms with Gasteiger partial charge in [-0.15, -0.1) is 10.2 Å². The van der Waals surface area contributed by atoms with Crippen LogP contribution >= 0.6 is 0 Å². The summed E-state index contributed by atoms with van der Waals surface area (Å²) >= 11 is 0. The lowest BCUT2D eigenvalue weighted by Gasteiger charge is -2.20. The zero-order valence-corrected chi connectivity index (χ0v) is 16.7. The zero-order chi connectivity index (χ0) is 22.4. The van der Waals surface area contributed by atoms with E-state index in [1.54, 1.807) is 0 Å². The van der Waals surface area contributed by atoms with E-state index in [1.807, 2.05) is 32.1 Å². The second-order valence-corrected chi connectivity index (χ2v) is 7.45. The van der Waals surface area contributed by atoms with Gasteiger partial charge in [0.2, 0.25) is 0 Å². The summed E-state index contributed by atoms with van der Waals surface area (Å²) in [6.07, 6.45) is -4.61. The van der Waals surface area contributed by atoms with Gasteiger partial charge in [-0.05, 0) is 17.7 Å². The fourth-order valence-corrected chi connectivity index (χ4v) is 2.99. The highest BCUT2D eigenvalue weighted by atomic mass is 19.4. The SMILES string of the molecule is BC1(c2ccc(C(=C)OCN(C)C(=O)c3ccc(C4(C(F)(F)F)N=N4)cc3)cc2)N=N1. The van der Waals surface area contributed by atoms with Gasteiger partial charge in [-0.3, -0.25) is 4.79 Å². The molecule has 11 heteroatoms. The maximum Gasteiger partial charge on any atom is 0.442 e. The number of hydrogen-bond acceptors (Lipinski definition) is 6. The Labute approximate surface area is 176 Å². The van der Waals surface area contributed by atoms with Crippen LogP contribution < -0.4 is 0 Å². The number of amides is 1. The topological polar surface area (TPSA) is 79.0 Å². The van der Waals surface area contributed by atoms with Crippen LogP contribution in [0.3, 0.4) is 0 Å². The van der Waals surface area contributed by atoms with Gasteiger partial charge in [0.15, 0.2) is 20.1 Å². The first kappa shape index (κ1) is 20.8. The molecule has 0 fully saturated rings. The minimum Gasteiger partial charge on any atom is -0.473 e. The molecule has 0 aromatic heterocycles. The standard InChI is InChI=1S/C20H17BF3N5O2/c1-12(13-3-9-16(10-4-13)19(21)27-28-19)31-11-29(2)17(30)14-5-7-15(8-6-14)18(25-26-18)20(22,23)24/h3-10H,1,11,21H2,2H3. The Morgan fingerprint density at radius 1 is 1.00 bits per heavy atom. The molecule has 2 aliphatic rings. The Hall–Kier alpha value is -3.50. The van der Waals surface area contributed by atoms with Gasteiger partial charge >= 0.3 is 11.8 Å². The lowest BCUT2D eigenvalue weighted by atomic mass is 9.84. The third-order valence-electron chi connectivity index (χ3n) is 5.16. The maximum atomic E-state index is 13.1. The number of hydrogen-bond donors (Lipinski definition) is 0. The van der Waals surface area contributed by atoms with Crippen molar-refractivity contribution >= 4 is 19.5 Å². The molecule has 158 valence electrons. The molecule has 2 aromatic carbocycles. The first-order valence-electron chi connectivity index (χ1n) is 9.29. The average molecular weight is 427 g/mol. The second kappa shape index (κ2) is 7.04. The van der Waals surface area contributed by atoms with E-state index >= 15 is 0 Å². The van der Waals surface area contributed by atoms with Crippen LogP contribution in [0, 0.1) is 0 Å². The van der Waals surface area contributed by atoms with Crippen molar-refractivity contribution in [3.8, 4) is 0 Å². The molecule has 0 bridgehead atoms. The summed E-state index contributed by atoms with van der Waals surface area (Å²) in [6, 6.07) is 12.5. The van der Waals surface area contributed by atoms with Crippen molar-refractivity contribution in [3.05, 3.63) is 77.4 Å². The summed E-state index contributed by atoms with van der Waals surface area (Å²) in [7, 11) is 3.42. The minimum absolute atomic E-state index is 0.0826. The van der Waals surface area contributed by atoms with Crippen LogP contribution in [-0.2, 0) is 16.0 Å². The zero-order valence-electron chi connectivity index (χ0n) is 16.7. The molecule has 0 N–H and O–H groups in total. The molecule has 7 nitrogen and oxygen atoms in total. The van der Waals surface area contributed by atoms with Crippen molar-refractivity contribution in [2.75, 3.05) is 13.8 Å². The summed E-state index contributed by atoms with van der Waals surface area (Å²) in [4.78, 5) is 13.9. The van der Waals surface area contributed by atoms with Crippen LogP contribution in [0.4, 0.5) is 13.2 Å².